The number of hydrogen-bond acceptors (Lipinski definition) is 9. The van der Waals surface area contributed by atoms with Crippen LogP contribution in [0.4, 0.5) is 0 Å². The van der Waals surface area contributed by atoms with E-state index in [1.807, 2.05) is 18.2 Å². The predicted molar refractivity (Wildman–Crippen MR) is 94.1 cm³/mol. The zero-order valence-electron chi connectivity index (χ0n) is 12.0. The molecule has 0 saturated heterocycles. The molecule has 1 amide bonds. The number of rotatable bonds is 7. The lowest BCUT2D eigenvalue weighted by atomic mass is 10.2. The van der Waals surface area contributed by atoms with E-state index in [-0.39, 0.29) is 11.7 Å². The van der Waals surface area contributed by atoms with E-state index in [1.165, 1.54) is 34.9 Å². The number of carbonyl (C=O) groups excluding carboxylic acids is 1. The van der Waals surface area contributed by atoms with Gasteiger partial charge in [0.1, 0.15) is 0 Å². The summed E-state index contributed by atoms with van der Waals surface area (Å²) in [5.41, 5.74) is 5.82. The van der Waals surface area contributed by atoms with Gasteiger partial charge in [-0.1, -0.05) is 63.8 Å². The first-order valence-electron chi connectivity index (χ1n) is 6.56. The van der Waals surface area contributed by atoms with Gasteiger partial charge in [0.05, 0.1) is 16.5 Å². The Kier molecular flexibility index (Phi) is 5.72. The number of aromatic nitrogens is 4. The van der Waals surface area contributed by atoms with Gasteiger partial charge < -0.3 is 10.3 Å². The number of carbonyl (C=O) groups is 1. The number of benzene rings is 1. The molecule has 0 unspecified atom stereocenters. The first-order chi connectivity index (χ1) is 11.6. The minimum absolute atomic E-state index is 0.185. The molecule has 0 radical (unpaired) electrons. The number of halogens is 1. The van der Waals surface area contributed by atoms with Gasteiger partial charge in [-0.05, 0) is 12.1 Å². The summed E-state index contributed by atoms with van der Waals surface area (Å²) in [7, 11) is 0. The topological polar surface area (TPSA) is 108 Å². The Morgan fingerprint density at radius 3 is 2.75 bits per heavy atom. The van der Waals surface area contributed by atoms with Crippen LogP contribution in [0.3, 0.4) is 0 Å². The number of nitrogens with zero attached hydrogens (tertiary/aromatic N) is 4. The molecular weight excluding hydrogens is 390 g/mol. The van der Waals surface area contributed by atoms with Crippen molar-refractivity contribution < 1.29 is 9.32 Å². The SMILES string of the molecule is NC(=O)CSc1nnc(SCc2nc(-c3ccccc3Cl)no2)s1. The molecule has 2 aromatic heterocycles. The summed E-state index contributed by atoms with van der Waals surface area (Å²) in [5, 5.41) is 12.5. The monoisotopic (exact) mass is 399 g/mol. The Hall–Kier alpha value is -1.62. The van der Waals surface area contributed by atoms with E-state index >= 15 is 0 Å². The second-order valence-electron chi connectivity index (χ2n) is 4.37. The summed E-state index contributed by atoms with van der Waals surface area (Å²) in [5.74, 6) is 1.18. The average molecular weight is 400 g/mol. The molecule has 7 nitrogen and oxygen atoms in total. The Labute approximate surface area is 154 Å². The van der Waals surface area contributed by atoms with E-state index in [9.17, 15) is 4.79 Å². The van der Waals surface area contributed by atoms with Crippen molar-refractivity contribution in [2.75, 3.05) is 5.75 Å². The van der Waals surface area contributed by atoms with Crippen molar-refractivity contribution in [3.63, 3.8) is 0 Å². The summed E-state index contributed by atoms with van der Waals surface area (Å²) in [4.78, 5) is 15.1. The summed E-state index contributed by atoms with van der Waals surface area (Å²) in [6.45, 7) is 0. The number of hydrogen-bond donors (Lipinski definition) is 1. The van der Waals surface area contributed by atoms with Gasteiger partial charge in [0, 0.05) is 5.56 Å². The van der Waals surface area contributed by atoms with Crippen LogP contribution in [0.1, 0.15) is 5.89 Å². The maximum absolute atomic E-state index is 10.7. The normalized spacial score (nSPS) is 10.9. The lowest BCUT2D eigenvalue weighted by Gasteiger charge is -1.95. The van der Waals surface area contributed by atoms with Crippen LogP contribution in [0.15, 0.2) is 37.5 Å². The molecule has 11 heteroatoms. The smallest absolute Gasteiger partial charge is 0.237 e. The van der Waals surface area contributed by atoms with Gasteiger partial charge in [-0.25, -0.2) is 0 Å². The molecule has 3 rings (SSSR count). The van der Waals surface area contributed by atoms with E-state index in [0.717, 1.165) is 9.90 Å². The van der Waals surface area contributed by atoms with Crippen LogP contribution < -0.4 is 5.73 Å². The Morgan fingerprint density at radius 2 is 2.00 bits per heavy atom. The standard InChI is InChI=1S/C13H10ClN5O2S3/c14-8-4-2-1-3-7(8)11-16-10(21-19-11)6-23-13-18-17-12(24-13)22-5-9(15)20/h1-4H,5-6H2,(H2,15,20). The van der Waals surface area contributed by atoms with Crippen LogP contribution in [0.5, 0.6) is 0 Å². The van der Waals surface area contributed by atoms with Crippen molar-refractivity contribution in [1.29, 1.82) is 0 Å². The van der Waals surface area contributed by atoms with Crippen molar-refractivity contribution in [1.82, 2.24) is 20.3 Å². The zero-order chi connectivity index (χ0) is 16.9. The highest BCUT2D eigenvalue weighted by molar-refractivity contribution is 8.03. The molecule has 0 fully saturated rings. The number of primary amides is 1. The summed E-state index contributed by atoms with van der Waals surface area (Å²) >= 11 is 10.2. The predicted octanol–water partition coefficient (Wildman–Crippen LogP) is 3.11. The van der Waals surface area contributed by atoms with Gasteiger partial charge in [-0.2, -0.15) is 4.98 Å². The quantitative estimate of drug-likeness (QED) is 0.603. The minimum Gasteiger partial charge on any atom is -0.369 e. The zero-order valence-corrected chi connectivity index (χ0v) is 15.2. The third-order valence-electron chi connectivity index (χ3n) is 2.63. The molecule has 124 valence electrons. The lowest BCUT2D eigenvalue weighted by molar-refractivity contribution is -0.115. The van der Waals surface area contributed by atoms with Gasteiger partial charge in [-0.15, -0.1) is 10.2 Å². The van der Waals surface area contributed by atoms with Crippen LogP contribution in [-0.4, -0.2) is 32.0 Å². The molecule has 0 bridgehead atoms. The Morgan fingerprint density at radius 1 is 1.25 bits per heavy atom. The molecule has 0 aliphatic carbocycles. The third-order valence-corrected chi connectivity index (χ3v) is 6.15. The molecular formula is C13H10ClN5O2S3. The lowest BCUT2D eigenvalue weighted by Crippen LogP contribution is -2.12. The molecule has 1 aromatic carbocycles. The van der Waals surface area contributed by atoms with E-state index < -0.39 is 0 Å². The van der Waals surface area contributed by atoms with Gasteiger partial charge in [-0.3, -0.25) is 4.79 Å². The van der Waals surface area contributed by atoms with Crippen LogP contribution in [0.25, 0.3) is 11.4 Å². The van der Waals surface area contributed by atoms with Gasteiger partial charge in [0.2, 0.25) is 17.6 Å². The van der Waals surface area contributed by atoms with E-state index in [1.54, 1.807) is 6.07 Å². The number of amides is 1. The largest absolute Gasteiger partial charge is 0.369 e. The summed E-state index contributed by atoms with van der Waals surface area (Å²) in [6.07, 6.45) is 0. The van der Waals surface area contributed by atoms with Crippen molar-refractivity contribution in [3.8, 4) is 11.4 Å². The molecule has 0 atom stereocenters. The fourth-order valence-electron chi connectivity index (χ4n) is 1.64. The van der Waals surface area contributed by atoms with Gasteiger partial charge in [0.25, 0.3) is 0 Å². The summed E-state index contributed by atoms with van der Waals surface area (Å²) < 4.78 is 6.67. The van der Waals surface area contributed by atoms with Crippen LogP contribution in [0, 0.1) is 0 Å². The second-order valence-corrected chi connectivity index (χ2v) is 8.20. The molecule has 24 heavy (non-hydrogen) atoms. The van der Waals surface area contributed by atoms with Gasteiger partial charge >= 0.3 is 0 Å². The van der Waals surface area contributed by atoms with Crippen LogP contribution in [-0.2, 0) is 10.5 Å². The fourth-order valence-corrected chi connectivity index (χ4v) is 4.45. The highest BCUT2D eigenvalue weighted by Gasteiger charge is 2.13. The number of nitrogens with two attached hydrogens (primary N) is 1. The van der Waals surface area contributed by atoms with E-state index in [4.69, 9.17) is 21.9 Å². The molecule has 0 saturated carbocycles. The van der Waals surface area contributed by atoms with Crippen molar-refractivity contribution in [2.24, 2.45) is 5.73 Å². The minimum atomic E-state index is -0.387. The van der Waals surface area contributed by atoms with Crippen LogP contribution in [0.2, 0.25) is 5.02 Å². The highest BCUT2D eigenvalue weighted by Crippen LogP contribution is 2.31. The molecule has 3 aromatic rings. The first-order valence-corrected chi connectivity index (χ1v) is 9.73. The highest BCUT2D eigenvalue weighted by atomic mass is 35.5. The van der Waals surface area contributed by atoms with Crippen molar-refractivity contribution in [3.05, 3.63) is 35.2 Å². The van der Waals surface area contributed by atoms with Crippen molar-refractivity contribution in [2.45, 2.75) is 14.4 Å². The van der Waals surface area contributed by atoms with Gasteiger partial charge in [0.15, 0.2) is 8.68 Å². The van der Waals surface area contributed by atoms with Crippen LogP contribution >= 0.6 is 46.5 Å². The maximum atomic E-state index is 10.7. The first kappa shape index (κ1) is 17.2. The molecule has 0 aliphatic heterocycles. The fraction of sp³-hybridized carbons (Fsp3) is 0.154. The van der Waals surface area contributed by atoms with E-state index in [0.29, 0.717) is 26.8 Å². The Balaban J connectivity index is 1.60. The second kappa shape index (κ2) is 7.97. The molecule has 2 N–H and O–H groups in total. The Bertz CT molecular complexity index is 854. The summed E-state index contributed by atoms with van der Waals surface area (Å²) in [6, 6.07) is 7.30. The molecule has 2 heterocycles. The average Bonchev–Trinajstić information content (AvgIpc) is 3.21. The molecule has 0 aliphatic rings. The van der Waals surface area contributed by atoms with E-state index in [2.05, 4.69) is 20.3 Å². The molecule has 0 spiro atoms. The third kappa shape index (κ3) is 4.47. The maximum Gasteiger partial charge on any atom is 0.237 e. The van der Waals surface area contributed by atoms with Crippen molar-refractivity contribution >= 4 is 52.4 Å². The number of thioether (sulfide) groups is 2.